The summed E-state index contributed by atoms with van der Waals surface area (Å²) < 4.78 is 29.0. The Kier molecular flexibility index (Phi) is 16.2. The van der Waals surface area contributed by atoms with Crippen LogP contribution in [0.25, 0.3) is 0 Å². The molecular weight excluding hydrogens is 402 g/mol. The van der Waals surface area contributed by atoms with Crippen LogP contribution in [-0.2, 0) is 41.4 Å². The highest BCUT2D eigenvalue weighted by Crippen LogP contribution is 2.04. The topological polar surface area (TPSA) is 93.9 Å². The second kappa shape index (κ2) is 18.2. The van der Waals surface area contributed by atoms with Crippen molar-refractivity contribution >= 4 is 5.78 Å². The zero-order chi connectivity index (χ0) is 22.7. The summed E-state index contributed by atoms with van der Waals surface area (Å²) in [5.41, 5.74) is 0.835. The Morgan fingerprint density at radius 3 is 1.87 bits per heavy atom. The number of aryl methyl sites for hydroxylation is 1. The average Bonchev–Trinajstić information content (AvgIpc) is 3.19. The van der Waals surface area contributed by atoms with E-state index in [9.17, 15) is 4.79 Å². The van der Waals surface area contributed by atoms with E-state index in [0.29, 0.717) is 84.8 Å². The quantitative estimate of drug-likeness (QED) is 0.267. The van der Waals surface area contributed by atoms with Gasteiger partial charge in [-0.25, -0.2) is 4.68 Å². The Bertz CT molecular complexity index is 565. The fourth-order valence-corrected chi connectivity index (χ4v) is 2.46. The number of rotatable bonds is 21. The Balaban J connectivity index is 1.84. The highest BCUT2D eigenvalue weighted by Gasteiger charge is 2.09. The lowest BCUT2D eigenvalue weighted by molar-refractivity contribution is -0.121. The third kappa shape index (κ3) is 16.0. The number of ether oxygens (including phenoxy) is 5. The van der Waals surface area contributed by atoms with Gasteiger partial charge in [0.1, 0.15) is 5.78 Å². The Hall–Kier alpha value is -1.39. The van der Waals surface area contributed by atoms with E-state index in [1.54, 1.807) is 4.68 Å². The summed E-state index contributed by atoms with van der Waals surface area (Å²) in [4.78, 5) is 11.7. The summed E-state index contributed by atoms with van der Waals surface area (Å²) >= 11 is 0. The minimum absolute atomic E-state index is 0.0658. The van der Waals surface area contributed by atoms with Gasteiger partial charge in [-0.1, -0.05) is 32.9 Å². The van der Waals surface area contributed by atoms with Crippen LogP contribution in [0.2, 0.25) is 0 Å². The second-order valence-corrected chi connectivity index (χ2v) is 8.01. The van der Waals surface area contributed by atoms with Crippen LogP contribution in [0, 0.1) is 11.8 Å². The molecule has 0 atom stereocenters. The van der Waals surface area contributed by atoms with Crippen molar-refractivity contribution in [3.05, 3.63) is 11.9 Å². The third-order valence-corrected chi connectivity index (χ3v) is 4.26. The first-order valence-corrected chi connectivity index (χ1v) is 11.3. The molecule has 0 unspecified atom stereocenters. The van der Waals surface area contributed by atoms with E-state index in [-0.39, 0.29) is 11.7 Å². The first-order valence-electron chi connectivity index (χ1n) is 11.3. The number of carbonyl (C=O) groups excluding carboxylic acids is 1. The molecule has 0 radical (unpaired) electrons. The summed E-state index contributed by atoms with van der Waals surface area (Å²) in [7, 11) is 0. The van der Waals surface area contributed by atoms with Crippen molar-refractivity contribution in [3.63, 3.8) is 0 Å². The number of nitrogens with zero attached hydrogens (tertiary/aromatic N) is 3. The largest absolute Gasteiger partial charge is 0.379 e. The number of aromatic nitrogens is 3. The highest BCUT2D eigenvalue weighted by atomic mass is 16.6. The third-order valence-electron chi connectivity index (χ3n) is 4.26. The van der Waals surface area contributed by atoms with Gasteiger partial charge in [-0.2, -0.15) is 0 Å². The second-order valence-electron chi connectivity index (χ2n) is 8.01. The first-order chi connectivity index (χ1) is 15.0. The number of carbonyl (C=O) groups is 1. The molecule has 1 heterocycles. The summed E-state index contributed by atoms with van der Waals surface area (Å²) in [6, 6.07) is 0. The molecule has 0 saturated carbocycles. The van der Waals surface area contributed by atoms with Crippen molar-refractivity contribution in [2.75, 3.05) is 66.1 Å². The molecule has 0 fully saturated rings. The van der Waals surface area contributed by atoms with Gasteiger partial charge in [0.2, 0.25) is 0 Å². The number of hydrogen-bond donors (Lipinski definition) is 0. The summed E-state index contributed by atoms with van der Waals surface area (Å²) in [5, 5.41) is 8.15. The molecule has 9 heteroatoms. The maximum atomic E-state index is 11.7. The first kappa shape index (κ1) is 27.6. The van der Waals surface area contributed by atoms with Crippen LogP contribution < -0.4 is 0 Å². The molecule has 1 aromatic heterocycles. The van der Waals surface area contributed by atoms with Gasteiger partial charge in [0.25, 0.3) is 0 Å². The fraction of sp³-hybridized carbons (Fsp3) is 0.864. The molecule has 0 spiro atoms. The van der Waals surface area contributed by atoms with Crippen molar-refractivity contribution in [2.45, 2.75) is 47.1 Å². The Labute approximate surface area is 186 Å². The van der Waals surface area contributed by atoms with Crippen LogP contribution in [0.5, 0.6) is 0 Å². The predicted octanol–water partition coefficient (Wildman–Crippen LogP) is 2.17. The molecule has 0 aliphatic heterocycles. The smallest absolute Gasteiger partial charge is 0.135 e. The molecule has 31 heavy (non-hydrogen) atoms. The Morgan fingerprint density at radius 2 is 1.35 bits per heavy atom. The lowest BCUT2D eigenvalue weighted by Crippen LogP contribution is -2.14. The predicted molar refractivity (Wildman–Crippen MR) is 117 cm³/mol. The summed E-state index contributed by atoms with van der Waals surface area (Å²) in [6.07, 6.45) is 3.01. The molecule has 0 N–H and O–H groups in total. The number of ketones is 1. The van der Waals surface area contributed by atoms with Crippen LogP contribution in [-0.4, -0.2) is 86.8 Å². The van der Waals surface area contributed by atoms with Gasteiger partial charge in [-0.15, -0.1) is 5.10 Å². The highest BCUT2D eigenvalue weighted by molar-refractivity contribution is 5.80. The van der Waals surface area contributed by atoms with E-state index in [2.05, 4.69) is 24.2 Å². The monoisotopic (exact) mass is 443 g/mol. The summed E-state index contributed by atoms with van der Waals surface area (Å²) in [6.45, 7) is 14.4. The minimum atomic E-state index is 0.0658. The molecule has 0 aliphatic carbocycles. The molecule has 0 aliphatic rings. The van der Waals surface area contributed by atoms with E-state index in [4.69, 9.17) is 23.7 Å². The van der Waals surface area contributed by atoms with E-state index in [1.165, 1.54) is 0 Å². The van der Waals surface area contributed by atoms with Gasteiger partial charge in [0.05, 0.1) is 71.7 Å². The SMILES string of the molecule is CC(C)COCCOCCOCCOCCOCCn1cc(CCC(=O)C(C)C)nn1. The van der Waals surface area contributed by atoms with Crippen molar-refractivity contribution in [2.24, 2.45) is 11.8 Å². The van der Waals surface area contributed by atoms with Crippen molar-refractivity contribution in [3.8, 4) is 0 Å². The van der Waals surface area contributed by atoms with E-state index >= 15 is 0 Å². The molecule has 0 aromatic carbocycles. The zero-order valence-corrected chi connectivity index (χ0v) is 19.7. The molecule has 9 nitrogen and oxygen atoms in total. The molecule has 0 saturated heterocycles. The molecule has 0 amide bonds. The standard InChI is InChI=1S/C22H41N3O6/c1-19(2)18-31-16-15-30-14-13-29-12-11-28-10-9-27-8-7-25-17-21(23-24-25)5-6-22(26)20(3)4/h17,19-20H,5-16,18H2,1-4H3. The van der Waals surface area contributed by atoms with Gasteiger partial charge in [0.15, 0.2) is 0 Å². The van der Waals surface area contributed by atoms with E-state index < -0.39 is 0 Å². The molecular formula is C22H41N3O6. The van der Waals surface area contributed by atoms with Crippen molar-refractivity contribution in [1.82, 2.24) is 15.0 Å². The maximum absolute atomic E-state index is 11.7. The van der Waals surface area contributed by atoms with Gasteiger partial charge in [0, 0.05) is 31.6 Å². The van der Waals surface area contributed by atoms with E-state index in [0.717, 1.165) is 12.3 Å². The minimum Gasteiger partial charge on any atom is -0.379 e. The lowest BCUT2D eigenvalue weighted by atomic mass is 10.0. The van der Waals surface area contributed by atoms with Crippen LogP contribution in [0.4, 0.5) is 0 Å². The number of hydrogen-bond acceptors (Lipinski definition) is 8. The van der Waals surface area contributed by atoms with Gasteiger partial charge >= 0.3 is 0 Å². The fourth-order valence-electron chi connectivity index (χ4n) is 2.46. The van der Waals surface area contributed by atoms with Gasteiger partial charge in [-0.05, 0) is 5.92 Å². The molecule has 0 bridgehead atoms. The van der Waals surface area contributed by atoms with Gasteiger partial charge in [-0.3, -0.25) is 4.79 Å². The molecule has 180 valence electrons. The van der Waals surface area contributed by atoms with Crippen LogP contribution in [0.15, 0.2) is 6.20 Å². The Morgan fingerprint density at radius 1 is 0.839 bits per heavy atom. The van der Waals surface area contributed by atoms with Gasteiger partial charge < -0.3 is 23.7 Å². The van der Waals surface area contributed by atoms with Crippen LogP contribution in [0.3, 0.4) is 0 Å². The van der Waals surface area contributed by atoms with Crippen LogP contribution in [0.1, 0.15) is 39.8 Å². The lowest BCUT2D eigenvalue weighted by Gasteiger charge is -2.08. The number of Topliss-reactive ketones (excluding diaryl/α,β-unsaturated/α-hetero) is 1. The molecule has 1 aromatic rings. The zero-order valence-electron chi connectivity index (χ0n) is 19.7. The van der Waals surface area contributed by atoms with E-state index in [1.807, 2.05) is 20.0 Å². The van der Waals surface area contributed by atoms with Crippen molar-refractivity contribution < 1.29 is 28.5 Å². The summed E-state index contributed by atoms with van der Waals surface area (Å²) in [5.74, 6) is 0.865. The maximum Gasteiger partial charge on any atom is 0.135 e. The van der Waals surface area contributed by atoms with Crippen LogP contribution >= 0.6 is 0 Å². The normalized spacial score (nSPS) is 11.7. The average molecular weight is 444 g/mol. The molecule has 1 rings (SSSR count). The van der Waals surface area contributed by atoms with Crippen molar-refractivity contribution in [1.29, 1.82) is 0 Å².